The van der Waals surface area contributed by atoms with Gasteiger partial charge in [0.2, 0.25) is 11.8 Å². The highest BCUT2D eigenvalue weighted by atomic mass is 35.5. The van der Waals surface area contributed by atoms with E-state index >= 15 is 0 Å². The van der Waals surface area contributed by atoms with Gasteiger partial charge in [0.25, 0.3) is 0 Å². The van der Waals surface area contributed by atoms with Gasteiger partial charge in [0.15, 0.2) is 0 Å². The van der Waals surface area contributed by atoms with Gasteiger partial charge < -0.3 is 10.2 Å². The second-order valence-electron chi connectivity index (χ2n) is 6.12. The lowest BCUT2D eigenvalue weighted by atomic mass is 10.1. The van der Waals surface area contributed by atoms with Crippen LogP contribution in [0.1, 0.15) is 24.9 Å². The van der Waals surface area contributed by atoms with E-state index in [1.165, 1.54) is 0 Å². The van der Waals surface area contributed by atoms with Crippen LogP contribution in [-0.2, 0) is 9.59 Å². The monoisotopic (exact) mass is 376 g/mol. The highest BCUT2D eigenvalue weighted by molar-refractivity contribution is 6.44. The molecule has 3 rings (SSSR count). The number of likely N-dealkylation sites (tertiary alicyclic amines) is 1. The van der Waals surface area contributed by atoms with Gasteiger partial charge in [-0.15, -0.1) is 0 Å². The van der Waals surface area contributed by atoms with E-state index in [-0.39, 0.29) is 24.3 Å². The number of halogens is 2. The summed E-state index contributed by atoms with van der Waals surface area (Å²) in [4.78, 5) is 26.7. The van der Waals surface area contributed by atoms with Crippen molar-refractivity contribution in [3.8, 4) is 0 Å². The summed E-state index contributed by atoms with van der Waals surface area (Å²) in [7, 11) is 0. The first-order valence-corrected chi connectivity index (χ1v) is 8.82. The number of rotatable bonds is 4. The Morgan fingerprint density at radius 2 is 1.88 bits per heavy atom. The van der Waals surface area contributed by atoms with Gasteiger partial charge in [-0.25, -0.2) is 0 Å². The summed E-state index contributed by atoms with van der Waals surface area (Å²) in [5.41, 5.74) is 1.51. The standard InChI is InChI=1S/C19H18Cl2N2O2/c1-12(13-6-3-2-4-7-13)23-11-14(10-17(23)24)19(25)22-16-9-5-8-15(20)18(16)21/h2-9,12,14H,10-11H2,1H3,(H,22,25)/t12-,14-/m1/s1. The number of amides is 2. The highest BCUT2D eigenvalue weighted by Crippen LogP contribution is 2.32. The zero-order chi connectivity index (χ0) is 18.0. The Labute approximate surface area is 156 Å². The highest BCUT2D eigenvalue weighted by Gasteiger charge is 2.37. The number of carbonyl (C=O) groups is 2. The predicted molar refractivity (Wildman–Crippen MR) is 99.8 cm³/mol. The fourth-order valence-corrected chi connectivity index (χ4v) is 3.38. The van der Waals surface area contributed by atoms with E-state index in [4.69, 9.17) is 23.2 Å². The Morgan fingerprint density at radius 1 is 1.16 bits per heavy atom. The van der Waals surface area contributed by atoms with Gasteiger partial charge in [-0.3, -0.25) is 9.59 Å². The Hall–Kier alpha value is -2.04. The molecular formula is C19H18Cl2N2O2. The van der Waals surface area contributed by atoms with Crippen LogP contribution in [0.2, 0.25) is 10.0 Å². The molecule has 0 aromatic heterocycles. The van der Waals surface area contributed by atoms with Crippen molar-refractivity contribution in [3.63, 3.8) is 0 Å². The molecule has 1 aliphatic heterocycles. The molecule has 0 aliphatic carbocycles. The van der Waals surface area contributed by atoms with Gasteiger partial charge in [0.1, 0.15) is 0 Å². The first-order chi connectivity index (χ1) is 12.0. The van der Waals surface area contributed by atoms with E-state index in [9.17, 15) is 9.59 Å². The number of nitrogens with zero attached hydrogens (tertiary/aromatic N) is 1. The summed E-state index contributed by atoms with van der Waals surface area (Å²) in [6.07, 6.45) is 0.196. The topological polar surface area (TPSA) is 49.4 Å². The van der Waals surface area contributed by atoms with Crippen molar-refractivity contribution < 1.29 is 9.59 Å². The average Bonchev–Trinajstić information content (AvgIpc) is 3.01. The fraction of sp³-hybridized carbons (Fsp3) is 0.263. The molecule has 1 heterocycles. The van der Waals surface area contributed by atoms with Crippen LogP contribution in [0.15, 0.2) is 48.5 Å². The minimum Gasteiger partial charge on any atom is -0.335 e. The van der Waals surface area contributed by atoms with Crippen molar-refractivity contribution >= 4 is 40.7 Å². The molecule has 2 aromatic carbocycles. The van der Waals surface area contributed by atoms with Crippen LogP contribution in [0.3, 0.4) is 0 Å². The molecule has 2 atom stereocenters. The van der Waals surface area contributed by atoms with Crippen LogP contribution < -0.4 is 5.32 Å². The lowest BCUT2D eigenvalue weighted by Crippen LogP contribution is -2.30. The van der Waals surface area contributed by atoms with Crippen LogP contribution >= 0.6 is 23.2 Å². The maximum Gasteiger partial charge on any atom is 0.229 e. The Bertz CT molecular complexity index is 795. The van der Waals surface area contributed by atoms with Gasteiger partial charge in [0.05, 0.1) is 27.7 Å². The number of hydrogen-bond donors (Lipinski definition) is 1. The lowest BCUT2D eigenvalue weighted by molar-refractivity contribution is -0.129. The maximum absolute atomic E-state index is 12.5. The molecule has 0 bridgehead atoms. The molecule has 4 nitrogen and oxygen atoms in total. The van der Waals surface area contributed by atoms with E-state index in [1.807, 2.05) is 37.3 Å². The molecule has 0 unspecified atom stereocenters. The van der Waals surface area contributed by atoms with Crippen molar-refractivity contribution in [2.24, 2.45) is 5.92 Å². The summed E-state index contributed by atoms with van der Waals surface area (Å²) in [6, 6.07) is 14.8. The third-order valence-electron chi connectivity index (χ3n) is 4.49. The summed E-state index contributed by atoms with van der Waals surface area (Å²) < 4.78 is 0. The molecular weight excluding hydrogens is 359 g/mol. The Kier molecular flexibility index (Phi) is 5.30. The summed E-state index contributed by atoms with van der Waals surface area (Å²) in [6.45, 7) is 2.36. The largest absolute Gasteiger partial charge is 0.335 e. The van der Waals surface area contributed by atoms with E-state index in [2.05, 4.69) is 5.32 Å². The van der Waals surface area contributed by atoms with Crippen molar-refractivity contribution in [3.05, 3.63) is 64.1 Å². The Morgan fingerprint density at radius 3 is 2.60 bits per heavy atom. The van der Waals surface area contributed by atoms with E-state index in [1.54, 1.807) is 23.1 Å². The van der Waals surface area contributed by atoms with Gasteiger partial charge in [0, 0.05) is 13.0 Å². The first kappa shape index (κ1) is 17.8. The molecule has 0 spiro atoms. The van der Waals surface area contributed by atoms with Gasteiger partial charge in [-0.05, 0) is 24.6 Å². The zero-order valence-electron chi connectivity index (χ0n) is 13.7. The first-order valence-electron chi connectivity index (χ1n) is 8.06. The minimum atomic E-state index is -0.409. The van der Waals surface area contributed by atoms with Crippen LogP contribution in [-0.4, -0.2) is 23.3 Å². The molecule has 0 saturated carbocycles. The molecule has 130 valence electrons. The second kappa shape index (κ2) is 7.46. The number of carbonyl (C=O) groups excluding carboxylic acids is 2. The van der Waals surface area contributed by atoms with Crippen molar-refractivity contribution in [1.82, 2.24) is 4.90 Å². The van der Waals surface area contributed by atoms with Gasteiger partial charge in [-0.1, -0.05) is 59.6 Å². The molecule has 1 saturated heterocycles. The smallest absolute Gasteiger partial charge is 0.229 e. The molecule has 6 heteroatoms. The molecule has 0 radical (unpaired) electrons. The van der Waals surface area contributed by atoms with E-state index in [0.717, 1.165) is 5.56 Å². The van der Waals surface area contributed by atoms with Crippen LogP contribution in [0.25, 0.3) is 0 Å². The SMILES string of the molecule is C[C@H](c1ccccc1)N1C[C@H](C(=O)Nc2cccc(Cl)c2Cl)CC1=O. The average molecular weight is 377 g/mol. The second-order valence-corrected chi connectivity index (χ2v) is 6.91. The molecule has 1 N–H and O–H groups in total. The van der Waals surface area contributed by atoms with Gasteiger partial charge >= 0.3 is 0 Å². The number of hydrogen-bond acceptors (Lipinski definition) is 2. The normalized spacial score (nSPS) is 18.3. The van der Waals surface area contributed by atoms with Crippen LogP contribution in [0, 0.1) is 5.92 Å². The van der Waals surface area contributed by atoms with Crippen molar-refractivity contribution in [2.45, 2.75) is 19.4 Å². The van der Waals surface area contributed by atoms with Crippen molar-refractivity contribution in [2.75, 3.05) is 11.9 Å². The predicted octanol–water partition coefficient (Wildman–Crippen LogP) is 4.54. The lowest BCUT2D eigenvalue weighted by Gasteiger charge is -2.25. The number of benzene rings is 2. The minimum absolute atomic E-state index is 0.0197. The summed E-state index contributed by atoms with van der Waals surface area (Å²) >= 11 is 12.1. The molecule has 1 fully saturated rings. The fourth-order valence-electron chi connectivity index (χ4n) is 3.03. The maximum atomic E-state index is 12.5. The Balaban J connectivity index is 1.69. The number of anilines is 1. The molecule has 1 aliphatic rings. The van der Waals surface area contributed by atoms with Crippen LogP contribution in [0.5, 0.6) is 0 Å². The van der Waals surface area contributed by atoms with Crippen LogP contribution in [0.4, 0.5) is 5.69 Å². The third kappa shape index (κ3) is 3.80. The summed E-state index contributed by atoms with van der Waals surface area (Å²) in [5, 5.41) is 3.46. The van der Waals surface area contributed by atoms with Crippen molar-refractivity contribution in [1.29, 1.82) is 0 Å². The zero-order valence-corrected chi connectivity index (χ0v) is 15.2. The van der Waals surface area contributed by atoms with E-state index in [0.29, 0.717) is 22.3 Å². The summed E-state index contributed by atoms with van der Waals surface area (Å²) in [5.74, 6) is -0.650. The van der Waals surface area contributed by atoms with Gasteiger partial charge in [-0.2, -0.15) is 0 Å². The number of nitrogens with one attached hydrogen (secondary N) is 1. The quantitative estimate of drug-likeness (QED) is 0.851. The molecule has 2 aromatic rings. The third-order valence-corrected chi connectivity index (χ3v) is 5.31. The van der Waals surface area contributed by atoms with E-state index < -0.39 is 5.92 Å². The molecule has 25 heavy (non-hydrogen) atoms. The molecule has 2 amide bonds.